The first-order chi connectivity index (χ1) is 18.3. The van der Waals surface area contributed by atoms with Gasteiger partial charge in [-0.1, -0.05) is 18.7 Å². The van der Waals surface area contributed by atoms with Gasteiger partial charge in [0.2, 0.25) is 5.95 Å². The monoisotopic (exact) mass is 524 g/mol. The third kappa shape index (κ3) is 4.50. The molecule has 5 rings (SSSR count). The lowest BCUT2D eigenvalue weighted by Crippen LogP contribution is -2.50. The van der Waals surface area contributed by atoms with Crippen LogP contribution in [0.4, 0.5) is 32.3 Å². The molecular weight excluding hydrogens is 495 g/mol. The predicted molar refractivity (Wildman–Crippen MR) is 138 cm³/mol. The minimum Gasteiger partial charge on any atom is -0.495 e. The van der Waals surface area contributed by atoms with Gasteiger partial charge in [-0.25, -0.2) is 14.2 Å². The SMILES string of the molecule is C=C(F)C(O)N1CC[C@@H](N2Cc3cnc(Nc4cnn(CCO)c4)nc3N(C)C2=O)c2cccc(OC)c21. The van der Waals surface area contributed by atoms with Crippen LogP contribution in [0.15, 0.2) is 49.2 Å². The van der Waals surface area contributed by atoms with Crippen LogP contribution in [0, 0.1) is 0 Å². The lowest BCUT2D eigenvalue weighted by atomic mass is 9.93. The fourth-order valence-corrected chi connectivity index (χ4v) is 4.97. The second-order valence-electron chi connectivity index (χ2n) is 9.07. The van der Waals surface area contributed by atoms with E-state index in [0.29, 0.717) is 41.9 Å². The molecule has 2 aromatic heterocycles. The smallest absolute Gasteiger partial charge is 0.326 e. The van der Waals surface area contributed by atoms with E-state index in [1.165, 1.54) is 16.9 Å². The summed E-state index contributed by atoms with van der Waals surface area (Å²) >= 11 is 0. The molecule has 4 heterocycles. The van der Waals surface area contributed by atoms with Gasteiger partial charge in [0.15, 0.2) is 6.23 Å². The van der Waals surface area contributed by atoms with Crippen LogP contribution in [0.2, 0.25) is 0 Å². The Kier molecular flexibility index (Phi) is 6.87. The van der Waals surface area contributed by atoms with E-state index < -0.39 is 12.1 Å². The number of para-hydroxylation sites is 1. The zero-order valence-electron chi connectivity index (χ0n) is 21.1. The van der Waals surface area contributed by atoms with Crippen LogP contribution in [-0.2, 0) is 13.1 Å². The molecule has 0 radical (unpaired) electrons. The lowest BCUT2D eigenvalue weighted by Gasteiger charge is -2.45. The molecular formula is C25H29FN8O4. The first kappa shape index (κ1) is 25.4. The molecule has 12 nitrogen and oxygen atoms in total. The van der Waals surface area contributed by atoms with Crippen molar-refractivity contribution in [3.05, 3.63) is 60.3 Å². The maximum Gasteiger partial charge on any atom is 0.326 e. The average Bonchev–Trinajstić information content (AvgIpc) is 3.36. The molecule has 2 aliphatic heterocycles. The van der Waals surface area contributed by atoms with Crippen molar-refractivity contribution in [3.8, 4) is 5.75 Å². The van der Waals surface area contributed by atoms with Crippen molar-refractivity contribution in [2.24, 2.45) is 0 Å². The Morgan fingerprint density at radius 3 is 2.92 bits per heavy atom. The van der Waals surface area contributed by atoms with Crippen molar-refractivity contribution in [3.63, 3.8) is 0 Å². The molecule has 3 aromatic rings. The van der Waals surface area contributed by atoms with Crippen LogP contribution in [0.5, 0.6) is 5.75 Å². The number of ether oxygens (including phenoxy) is 1. The van der Waals surface area contributed by atoms with E-state index in [0.717, 1.165) is 11.1 Å². The zero-order valence-corrected chi connectivity index (χ0v) is 21.1. The highest BCUT2D eigenvalue weighted by atomic mass is 19.1. The maximum atomic E-state index is 13.9. The molecule has 200 valence electrons. The normalized spacial score (nSPS) is 17.7. The second kappa shape index (κ2) is 10.3. The molecule has 0 bridgehead atoms. The number of carbonyl (C=O) groups excluding carboxylic acids is 1. The third-order valence-electron chi connectivity index (χ3n) is 6.74. The molecule has 0 saturated heterocycles. The minimum atomic E-state index is -1.53. The first-order valence-electron chi connectivity index (χ1n) is 12.1. The van der Waals surface area contributed by atoms with Crippen LogP contribution in [0.3, 0.4) is 0 Å². The van der Waals surface area contributed by atoms with E-state index in [2.05, 4.69) is 27.0 Å². The van der Waals surface area contributed by atoms with Crippen molar-refractivity contribution >= 4 is 29.2 Å². The van der Waals surface area contributed by atoms with Gasteiger partial charge in [-0.05, 0) is 12.5 Å². The van der Waals surface area contributed by atoms with Crippen molar-refractivity contribution in [1.29, 1.82) is 0 Å². The van der Waals surface area contributed by atoms with Crippen LogP contribution in [0.25, 0.3) is 0 Å². The zero-order chi connectivity index (χ0) is 27.0. The molecule has 1 aromatic carbocycles. The van der Waals surface area contributed by atoms with Gasteiger partial charge in [0.25, 0.3) is 0 Å². The van der Waals surface area contributed by atoms with Crippen LogP contribution in [-0.4, -0.2) is 74.4 Å². The van der Waals surface area contributed by atoms with Gasteiger partial charge in [0.05, 0.1) is 50.4 Å². The number of aliphatic hydroxyl groups is 2. The second-order valence-corrected chi connectivity index (χ2v) is 9.07. The molecule has 3 N–H and O–H groups in total. The number of anilines is 4. The van der Waals surface area contributed by atoms with Gasteiger partial charge >= 0.3 is 6.03 Å². The summed E-state index contributed by atoms with van der Waals surface area (Å²) in [6, 6.07) is 4.79. The van der Waals surface area contributed by atoms with Crippen molar-refractivity contribution in [2.45, 2.75) is 31.8 Å². The topological polar surface area (TPSA) is 132 Å². The summed E-state index contributed by atoms with van der Waals surface area (Å²) in [4.78, 5) is 27.3. The largest absolute Gasteiger partial charge is 0.495 e. The summed E-state index contributed by atoms with van der Waals surface area (Å²) in [5, 5.41) is 26.8. The molecule has 0 spiro atoms. The van der Waals surface area contributed by atoms with Crippen molar-refractivity contribution in [1.82, 2.24) is 24.6 Å². The van der Waals surface area contributed by atoms with Gasteiger partial charge in [0, 0.05) is 37.1 Å². The van der Waals surface area contributed by atoms with Crippen LogP contribution >= 0.6 is 0 Å². The number of benzene rings is 1. The quantitative estimate of drug-likeness (QED) is 0.407. The number of aromatic nitrogens is 4. The molecule has 0 fully saturated rings. The molecule has 2 aliphatic rings. The summed E-state index contributed by atoms with van der Waals surface area (Å²) in [6.45, 7) is 4.15. The summed E-state index contributed by atoms with van der Waals surface area (Å²) in [5.74, 6) is 0.389. The van der Waals surface area contributed by atoms with Crippen LogP contribution < -0.4 is 19.9 Å². The molecule has 13 heteroatoms. The number of methoxy groups -OCH3 is 1. The van der Waals surface area contributed by atoms with Gasteiger partial charge in [0.1, 0.15) is 17.4 Å². The summed E-state index contributed by atoms with van der Waals surface area (Å²) < 4.78 is 21.0. The first-order valence-corrected chi connectivity index (χ1v) is 12.1. The predicted octanol–water partition coefficient (Wildman–Crippen LogP) is 2.54. The van der Waals surface area contributed by atoms with E-state index in [-0.39, 0.29) is 31.8 Å². The number of rotatable bonds is 8. The standard InChI is InChI=1S/C25H29FN8O4/c1-15(26)23(36)33-8-7-19(18-5-4-6-20(38-3)21(18)33)34-13-16-11-27-24(30-22(16)31(2)25(34)37)29-17-12-28-32(14-17)9-10-35/h4-6,11-12,14,19,23,35-36H,1,7-10,13H2,2-3H3,(H,27,29,30)/t19-,23?/m1/s1. The van der Waals surface area contributed by atoms with Crippen LogP contribution in [0.1, 0.15) is 23.6 Å². The van der Waals surface area contributed by atoms with Crippen molar-refractivity contribution < 1.29 is 24.1 Å². The summed E-state index contributed by atoms with van der Waals surface area (Å²) in [5.41, 5.74) is 2.68. The Labute approximate surface area is 218 Å². The number of nitrogens with zero attached hydrogens (tertiary/aromatic N) is 7. The van der Waals surface area contributed by atoms with E-state index in [1.54, 1.807) is 47.4 Å². The molecule has 2 amide bonds. The Balaban J connectivity index is 1.43. The molecule has 38 heavy (non-hydrogen) atoms. The number of urea groups is 1. The van der Waals surface area contributed by atoms with E-state index in [9.17, 15) is 14.3 Å². The van der Waals surface area contributed by atoms with E-state index in [1.807, 2.05) is 6.07 Å². The van der Waals surface area contributed by atoms with E-state index >= 15 is 0 Å². The van der Waals surface area contributed by atoms with E-state index in [4.69, 9.17) is 9.84 Å². The van der Waals surface area contributed by atoms with Crippen molar-refractivity contribution in [2.75, 3.05) is 42.4 Å². The fraction of sp³-hybridized carbons (Fsp3) is 0.360. The number of nitrogens with one attached hydrogen (secondary N) is 1. The Morgan fingerprint density at radius 2 is 2.18 bits per heavy atom. The Hall–Kier alpha value is -4.23. The minimum absolute atomic E-state index is 0.0259. The molecule has 1 unspecified atom stereocenters. The Bertz CT molecular complexity index is 1360. The highest BCUT2D eigenvalue weighted by Crippen LogP contribution is 2.46. The summed E-state index contributed by atoms with van der Waals surface area (Å²) in [7, 11) is 3.16. The number of aliphatic hydroxyl groups excluding tert-OH is 2. The highest BCUT2D eigenvalue weighted by molar-refractivity contribution is 5.94. The number of carbonyl (C=O) groups is 1. The number of hydrogen-bond acceptors (Lipinski definition) is 9. The third-order valence-corrected chi connectivity index (χ3v) is 6.74. The highest BCUT2D eigenvalue weighted by Gasteiger charge is 2.40. The molecule has 0 aliphatic carbocycles. The lowest BCUT2D eigenvalue weighted by molar-refractivity contribution is 0.150. The average molecular weight is 525 g/mol. The van der Waals surface area contributed by atoms with Gasteiger partial charge in [-0.2, -0.15) is 10.1 Å². The Morgan fingerprint density at radius 1 is 1.37 bits per heavy atom. The number of amides is 2. The maximum absolute atomic E-state index is 13.9. The van der Waals surface area contributed by atoms with Gasteiger partial charge in [-0.15, -0.1) is 0 Å². The van der Waals surface area contributed by atoms with Gasteiger partial charge < -0.3 is 30.1 Å². The van der Waals surface area contributed by atoms with Gasteiger partial charge in [-0.3, -0.25) is 9.58 Å². The molecule has 2 atom stereocenters. The number of fused-ring (bicyclic) bond motifs is 2. The number of hydrogen-bond donors (Lipinski definition) is 3. The fourth-order valence-electron chi connectivity index (χ4n) is 4.97. The summed E-state index contributed by atoms with van der Waals surface area (Å²) in [6.07, 6.45) is 3.93. The number of halogens is 1. The molecule has 0 saturated carbocycles.